The van der Waals surface area contributed by atoms with Crippen molar-refractivity contribution in [3.63, 3.8) is 0 Å². The van der Waals surface area contributed by atoms with E-state index in [4.69, 9.17) is 10.5 Å². The van der Waals surface area contributed by atoms with Crippen LogP contribution in [0.3, 0.4) is 0 Å². The summed E-state index contributed by atoms with van der Waals surface area (Å²) in [5, 5.41) is 3.53. The first kappa shape index (κ1) is 14.9. The highest BCUT2D eigenvalue weighted by molar-refractivity contribution is 5.46. The third-order valence-electron chi connectivity index (χ3n) is 3.20. The van der Waals surface area contributed by atoms with E-state index in [9.17, 15) is 0 Å². The fourth-order valence-electron chi connectivity index (χ4n) is 2.09. The Morgan fingerprint density at radius 2 is 2.22 bits per heavy atom. The molecule has 0 fully saturated rings. The average molecular weight is 251 g/mol. The van der Waals surface area contributed by atoms with E-state index in [1.807, 2.05) is 6.07 Å². The molecule has 1 heterocycles. The number of ether oxygens (including phenoxy) is 1. The molecule has 18 heavy (non-hydrogen) atoms. The van der Waals surface area contributed by atoms with Gasteiger partial charge in [0.05, 0.1) is 6.10 Å². The Labute approximate surface area is 110 Å². The molecule has 0 aliphatic rings. The number of nitrogens with two attached hydrogens (primary N) is 1. The average Bonchev–Trinajstić information content (AvgIpc) is 2.35. The second kappa shape index (κ2) is 7.34. The number of nitrogens with one attached hydrogen (secondary N) is 1. The van der Waals surface area contributed by atoms with Gasteiger partial charge in [-0.05, 0) is 44.9 Å². The minimum absolute atomic E-state index is 0.193. The Kier molecular flexibility index (Phi) is 6.09. The Morgan fingerprint density at radius 1 is 1.50 bits per heavy atom. The molecule has 0 radical (unpaired) electrons. The summed E-state index contributed by atoms with van der Waals surface area (Å²) in [6, 6.07) is 2.21. The molecular weight excluding hydrogens is 226 g/mol. The van der Waals surface area contributed by atoms with Crippen LogP contribution in [-0.4, -0.2) is 24.7 Å². The van der Waals surface area contributed by atoms with Gasteiger partial charge in [0.2, 0.25) is 0 Å². The molecule has 4 nitrogen and oxygen atoms in total. The van der Waals surface area contributed by atoms with E-state index in [1.54, 1.807) is 13.3 Å². The number of hydrogen-bond acceptors (Lipinski definition) is 4. The molecule has 0 aliphatic heterocycles. The van der Waals surface area contributed by atoms with Gasteiger partial charge in [0.25, 0.3) is 0 Å². The van der Waals surface area contributed by atoms with Gasteiger partial charge in [0.1, 0.15) is 5.82 Å². The van der Waals surface area contributed by atoms with Crippen molar-refractivity contribution in [1.82, 2.24) is 10.3 Å². The molecule has 102 valence electrons. The van der Waals surface area contributed by atoms with Crippen molar-refractivity contribution in [2.45, 2.75) is 45.8 Å². The van der Waals surface area contributed by atoms with Gasteiger partial charge in [-0.1, -0.05) is 6.92 Å². The number of nitrogen functional groups attached to an aromatic ring is 1. The van der Waals surface area contributed by atoms with Crippen molar-refractivity contribution in [3.8, 4) is 0 Å². The lowest BCUT2D eigenvalue weighted by Gasteiger charge is -2.24. The van der Waals surface area contributed by atoms with Crippen LogP contribution >= 0.6 is 0 Å². The maximum Gasteiger partial charge on any atom is 0.128 e. The maximum absolute atomic E-state index is 6.02. The van der Waals surface area contributed by atoms with Crippen LogP contribution in [0.1, 0.15) is 43.9 Å². The number of pyridine rings is 1. The highest BCUT2D eigenvalue weighted by Gasteiger charge is 2.19. The first-order valence-corrected chi connectivity index (χ1v) is 6.57. The number of rotatable bonds is 7. The third kappa shape index (κ3) is 3.96. The number of hydrogen-bond donors (Lipinski definition) is 2. The molecule has 3 N–H and O–H groups in total. The molecular formula is C14H25N3O. The summed E-state index contributed by atoms with van der Waals surface area (Å²) in [7, 11) is 1.74. The lowest BCUT2D eigenvalue weighted by Crippen LogP contribution is -2.27. The van der Waals surface area contributed by atoms with E-state index < -0.39 is 0 Å². The predicted molar refractivity (Wildman–Crippen MR) is 75.5 cm³/mol. The third-order valence-corrected chi connectivity index (χ3v) is 3.20. The van der Waals surface area contributed by atoms with E-state index in [0.29, 0.717) is 5.82 Å². The van der Waals surface area contributed by atoms with Crippen LogP contribution in [0, 0.1) is 6.92 Å². The zero-order valence-electron chi connectivity index (χ0n) is 11.9. The molecule has 1 aromatic rings. The minimum atomic E-state index is 0.193. The van der Waals surface area contributed by atoms with Gasteiger partial charge in [-0.3, -0.25) is 0 Å². The molecule has 4 heteroatoms. The molecule has 2 unspecified atom stereocenters. The maximum atomic E-state index is 6.02. The quantitative estimate of drug-likeness (QED) is 0.781. The van der Waals surface area contributed by atoms with Crippen molar-refractivity contribution >= 4 is 5.82 Å². The molecule has 0 bridgehead atoms. The summed E-state index contributed by atoms with van der Waals surface area (Å²) in [6.45, 7) is 7.27. The van der Waals surface area contributed by atoms with Crippen molar-refractivity contribution in [2.24, 2.45) is 0 Å². The smallest absolute Gasteiger partial charge is 0.128 e. The summed E-state index contributed by atoms with van der Waals surface area (Å²) in [5.41, 5.74) is 8.31. The SMILES string of the molecule is CCCNC(CC(C)OC)c1c(C)ccnc1N. The zero-order valence-corrected chi connectivity index (χ0v) is 11.9. The van der Waals surface area contributed by atoms with Gasteiger partial charge in [0, 0.05) is 24.9 Å². The standard InChI is InChI=1S/C14H25N3O/c1-5-7-16-12(9-11(3)18-4)13-10(2)6-8-17-14(13)15/h6,8,11-12,16H,5,7,9H2,1-4H3,(H2,15,17). The summed E-state index contributed by atoms with van der Waals surface area (Å²) in [6.07, 6.45) is 3.94. The molecule has 0 spiro atoms. The molecule has 0 saturated heterocycles. The Bertz CT molecular complexity index is 348. The summed E-state index contributed by atoms with van der Waals surface area (Å²) in [5.74, 6) is 0.618. The Balaban J connectivity index is 2.93. The van der Waals surface area contributed by atoms with E-state index in [0.717, 1.165) is 24.9 Å². The largest absolute Gasteiger partial charge is 0.383 e. The molecule has 1 aromatic heterocycles. The van der Waals surface area contributed by atoms with Crippen molar-refractivity contribution in [1.29, 1.82) is 0 Å². The first-order chi connectivity index (χ1) is 8.60. The number of aryl methyl sites for hydroxylation is 1. The zero-order chi connectivity index (χ0) is 13.5. The van der Waals surface area contributed by atoms with Gasteiger partial charge in [-0.25, -0.2) is 4.98 Å². The van der Waals surface area contributed by atoms with Crippen molar-refractivity contribution < 1.29 is 4.74 Å². The van der Waals surface area contributed by atoms with Crippen LogP contribution in [-0.2, 0) is 4.74 Å². The highest BCUT2D eigenvalue weighted by atomic mass is 16.5. The van der Waals surface area contributed by atoms with E-state index in [1.165, 1.54) is 5.56 Å². The highest BCUT2D eigenvalue weighted by Crippen LogP contribution is 2.26. The van der Waals surface area contributed by atoms with Crippen LogP contribution in [0.2, 0.25) is 0 Å². The Hall–Kier alpha value is -1.13. The van der Waals surface area contributed by atoms with Crippen LogP contribution in [0.15, 0.2) is 12.3 Å². The van der Waals surface area contributed by atoms with Gasteiger partial charge in [-0.15, -0.1) is 0 Å². The lowest BCUT2D eigenvalue weighted by molar-refractivity contribution is 0.100. The first-order valence-electron chi connectivity index (χ1n) is 6.57. The van der Waals surface area contributed by atoms with Crippen molar-refractivity contribution in [2.75, 3.05) is 19.4 Å². The van der Waals surface area contributed by atoms with Gasteiger partial charge in [-0.2, -0.15) is 0 Å². The van der Waals surface area contributed by atoms with Crippen LogP contribution in [0.5, 0.6) is 0 Å². The van der Waals surface area contributed by atoms with E-state index in [-0.39, 0.29) is 12.1 Å². The summed E-state index contributed by atoms with van der Waals surface area (Å²) in [4.78, 5) is 4.20. The van der Waals surface area contributed by atoms with Gasteiger partial charge >= 0.3 is 0 Å². The van der Waals surface area contributed by atoms with Crippen molar-refractivity contribution in [3.05, 3.63) is 23.4 Å². The van der Waals surface area contributed by atoms with Crippen LogP contribution in [0.4, 0.5) is 5.82 Å². The van der Waals surface area contributed by atoms with Crippen LogP contribution < -0.4 is 11.1 Å². The van der Waals surface area contributed by atoms with Crippen LogP contribution in [0.25, 0.3) is 0 Å². The van der Waals surface area contributed by atoms with Gasteiger partial charge in [0.15, 0.2) is 0 Å². The van der Waals surface area contributed by atoms with E-state index in [2.05, 4.69) is 31.1 Å². The number of aromatic nitrogens is 1. The summed E-state index contributed by atoms with van der Waals surface area (Å²) < 4.78 is 5.36. The summed E-state index contributed by atoms with van der Waals surface area (Å²) >= 11 is 0. The van der Waals surface area contributed by atoms with E-state index >= 15 is 0 Å². The lowest BCUT2D eigenvalue weighted by atomic mass is 9.97. The molecule has 1 rings (SSSR count). The normalized spacial score (nSPS) is 14.4. The predicted octanol–water partition coefficient (Wildman–Crippen LogP) is 2.44. The second-order valence-electron chi connectivity index (χ2n) is 4.72. The van der Waals surface area contributed by atoms with Gasteiger partial charge < -0.3 is 15.8 Å². The monoisotopic (exact) mass is 251 g/mol. The fourth-order valence-corrected chi connectivity index (χ4v) is 2.09. The minimum Gasteiger partial charge on any atom is -0.383 e. The number of methoxy groups -OCH3 is 1. The molecule has 2 atom stereocenters. The topological polar surface area (TPSA) is 60.2 Å². The Morgan fingerprint density at radius 3 is 2.78 bits per heavy atom. The molecule has 0 aliphatic carbocycles. The number of anilines is 1. The second-order valence-corrected chi connectivity index (χ2v) is 4.72. The fraction of sp³-hybridized carbons (Fsp3) is 0.643. The molecule has 0 amide bonds. The molecule has 0 saturated carbocycles. The molecule has 0 aromatic carbocycles. The number of nitrogens with zero attached hydrogens (tertiary/aromatic N) is 1.